The minimum Gasteiger partial charge on any atom is -0.489 e. The van der Waals surface area contributed by atoms with Gasteiger partial charge in [0.1, 0.15) is 12.4 Å². The predicted octanol–water partition coefficient (Wildman–Crippen LogP) is 5.08. The molecule has 3 aromatic carbocycles. The second kappa shape index (κ2) is 8.15. The molecule has 0 radical (unpaired) electrons. The Bertz CT molecular complexity index is 807. The highest BCUT2D eigenvalue weighted by Gasteiger charge is 1.97. The average molecular weight is 330 g/mol. The maximum Gasteiger partial charge on any atom is 0.119 e. The van der Waals surface area contributed by atoms with E-state index < -0.39 is 0 Å². The van der Waals surface area contributed by atoms with Crippen molar-refractivity contribution in [1.29, 1.82) is 0 Å². The summed E-state index contributed by atoms with van der Waals surface area (Å²) >= 11 is 0. The summed E-state index contributed by atoms with van der Waals surface area (Å²) in [7, 11) is 4.06. The molecule has 0 aliphatic rings. The highest BCUT2D eigenvalue weighted by molar-refractivity contribution is 5.82. The Balaban J connectivity index is 1.58. The molecule has 0 unspecified atom stereocenters. The van der Waals surface area contributed by atoms with Crippen LogP contribution < -0.4 is 9.64 Å². The van der Waals surface area contributed by atoms with Gasteiger partial charge < -0.3 is 9.64 Å². The van der Waals surface area contributed by atoms with Crippen molar-refractivity contribution < 1.29 is 4.74 Å². The summed E-state index contributed by atoms with van der Waals surface area (Å²) in [5, 5.41) is 0. The highest BCUT2D eigenvalue weighted by atomic mass is 16.5. The van der Waals surface area contributed by atoms with Crippen LogP contribution in [0.1, 0.15) is 11.1 Å². The first-order valence-electron chi connectivity index (χ1n) is 8.29. The van der Waals surface area contributed by atoms with Crippen LogP contribution in [0.25, 0.3) is 0 Å². The maximum absolute atomic E-state index is 5.79. The zero-order valence-corrected chi connectivity index (χ0v) is 14.6. The normalized spacial score (nSPS) is 10.8. The van der Waals surface area contributed by atoms with Crippen LogP contribution in [0.4, 0.5) is 11.4 Å². The van der Waals surface area contributed by atoms with Gasteiger partial charge >= 0.3 is 0 Å². The Labute approximate surface area is 149 Å². The molecule has 3 rings (SSSR count). The molecular formula is C22H22N2O. The van der Waals surface area contributed by atoms with Gasteiger partial charge in [0.25, 0.3) is 0 Å². The maximum atomic E-state index is 5.79. The molecule has 0 saturated carbocycles. The average Bonchev–Trinajstić information content (AvgIpc) is 2.67. The summed E-state index contributed by atoms with van der Waals surface area (Å²) in [4.78, 5) is 6.59. The quantitative estimate of drug-likeness (QED) is 0.589. The van der Waals surface area contributed by atoms with Crippen LogP contribution in [0.5, 0.6) is 5.75 Å². The van der Waals surface area contributed by atoms with E-state index in [1.165, 1.54) is 5.69 Å². The zero-order chi connectivity index (χ0) is 17.5. The van der Waals surface area contributed by atoms with E-state index in [0.717, 1.165) is 22.6 Å². The van der Waals surface area contributed by atoms with Crippen LogP contribution in [0.2, 0.25) is 0 Å². The molecule has 0 aliphatic carbocycles. The van der Waals surface area contributed by atoms with Crippen LogP contribution >= 0.6 is 0 Å². The topological polar surface area (TPSA) is 24.8 Å². The largest absolute Gasteiger partial charge is 0.489 e. The first kappa shape index (κ1) is 16.8. The van der Waals surface area contributed by atoms with E-state index in [1.807, 2.05) is 62.8 Å². The van der Waals surface area contributed by atoms with Crippen molar-refractivity contribution in [3.05, 3.63) is 90.0 Å². The van der Waals surface area contributed by atoms with Gasteiger partial charge in [-0.15, -0.1) is 0 Å². The van der Waals surface area contributed by atoms with Crippen molar-refractivity contribution in [2.75, 3.05) is 19.0 Å². The third kappa shape index (κ3) is 4.95. The van der Waals surface area contributed by atoms with Crippen molar-refractivity contribution >= 4 is 17.6 Å². The summed E-state index contributed by atoms with van der Waals surface area (Å²) in [5.74, 6) is 0.845. The number of aliphatic imine (C=N–C) groups is 1. The van der Waals surface area contributed by atoms with Gasteiger partial charge in [0.2, 0.25) is 0 Å². The van der Waals surface area contributed by atoms with Gasteiger partial charge in [-0.25, -0.2) is 0 Å². The zero-order valence-electron chi connectivity index (χ0n) is 14.6. The standard InChI is InChI=1S/C22H22N2O/c1-24(2)21-12-8-18(9-13-21)16-23-20-10-14-22(15-11-20)25-17-19-6-4-3-5-7-19/h3-16H,17H2,1-2H3. The molecule has 0 aromatic heterocycles. The molecule has 0 fully saturated rings. The molecule has 0 heterocycles. The van der Waals surface area contributed by atoms with Crippen molar-refractivity contribution in [1.82, 2.24) is 0 Å². The SMILES string of the molecule is CN(C)c1ccc(C=Nc2ccc(OCc3ccccc3)cc2)cc1. The summed E-state index contributed by atoms with van der Waals surface area (Å²) < 4.78 is 5.79. The molecule has 3 heteroatoms. The summed E-state index contributed by atoms with van der Waals surface area (Å²) in [5.41, 5.74) is 4.32. The van der Waals surface area contributed by atoms with Crippen molar-refractivity contribution in [3.63, 3.8) is 0 Å². The number of ether oxygens (including phenoxy) is 1. The number of anilines is 1. The molecular weight excluding hydrogens is 308 g/mol. The predicted molar refractivity (Wildman–Crippen MR) is 105 cm³/mol. The van der Waals surface area contributed by atoms with E-state index in [-0.39, 0.29) is 0 Å². The number of rotatable bonds is 6. The molecule has 0 bridgehead atoms. The van der Waals surface area contributed by atoms with E-state index in [2.05, 4.69) is 46.3 Å². The van der Waals surface area contributed by atoms with Crippen LogP contribution in [0.3, 0.4) is 0 Å². The molecule has 25 heavy (non-hydrogen) atoms. The van der Waals surface area contributed by atoms with Gasteiger partial charge in [-0.2, -0.15) is 0 Å². The van der Waals surface area contributed by atoms with Gasteiger partial charge in [-0.1, -0.05) is 42.5 Å². The molecule has 3 aromatic rings. The Kier molecular flexibility index (Phi) is 5.47. The van der Waals surface area contributed by atoms with E-state index in [0.29, 0.717) is 6.61 Å². The third-order valence-corrected chi connectivity index (χ3v) is 3.86. The Morgan fingerprint density at radius 1 is 0.840 bits per heavy atom. The second-order valence-electron chi connectivity index (χ2n) is 6.01. The van der Waals surface area contributed by atoms with E-state index in [9.17, 15) is 0 Å². The van der Waals surface area contributed by atoms with Gasteiger partial charge in [0.15, 0.2) is 0 Å². The number of benzene rings is 3. The first-order chi connectivity index (χ1) is 12.2. The molecule has 0 atom stereocenters. The Hall–Kier alpha value is -3.07. The second-order valence-corrected chi connectivity index (χ2v) is 6.01. The lowest BCUT2D eigenvalue weighted by Crippen LogP contribution is -2.08. The van der Waals surface area contributed by atoms with Crippen LogP contribution in [-0.2, 0) is 6.61 Å². The van der Waals surface area contributed by atoms with Crippen LogP contribution in [-0.4, -0.2) is 20.3 Å². The lowest BCUT2D eigenvalue weighted by Gasteiger charge is -2.11. The first-order valence-corrected chi connectivity index (χ1v) is 8.29. The van der Waals surface area contributed by atoms with Crippen LogP contribution in [0, 0.1) is 0 Å². The van der Waals surface area contributed by atoms with E-state index in [1.54, 1.807) is 0 Å². The fraction of sp³-hybridized carbons (Fsp3) is 0.136. The summed E-state index contributed by atoms with van der Waals surface area (Å²) in [6.45, 7) is 0.571. The Morgan fingerprint density at radius 2 is 1.52 bits per heavy atom. The van der Waals surface area contributed by atoms with Crippen molar-refractivity contribution in [2.24, 2.45) is 4.99 Å². The molecule has 0 aliphatic heterocycles. The van der Waals surface area contributed by atoms with Crippen molar-refractivity contribution in [2.45, 2.75) is 6.61 Å². The monoisotopic (exact) mass is 330 g/mol. The molecule has 0 spiro atoms. The van der Waals surface area contributed by atoms with E-state index in [4.69, 9.17) is 4.74 Å². The van der Waals surface area contributed by atoms with Gasteiger partial charge in [-0.3, -0.25) is 4.99 Å². The highest BCUT2D eigenvalue weighted by Crippen LogP contribution is 2.19. The lowest BCUT2D eigenvalue weighted by molar-refractivity contribution is 0.306. The smallest absolute Gasteiger partial charge is 0.119 e. The number of hydrogen-bond donors (Lipinski definition) is 0. The van der Waals surface area contributed by atoms with E-state index >= 15 is 0 Å². The fourth-order valence-electron chi connectivity index (χ4n) is 2.38. The molecule has 0 amide bonds. The van der Waals surface area contributed by atoms with Gasteiger partial charge in [0.05, 0.1) is 5.69 Å². The third-order valence-electron chi connectivity index (χ3n) is 3.86. The minimum absolute atomic E-state index is 0.571. The number of nitrogens with zero attached hydrogens (tertiary/aromatic N) is 2. The van der Waals surface area contributed by atoms with Crippen molar-refractivity contribution in [3.8, 4) is 5.75 Å². The summed E-state index contributed by atoms with van der Waals surface area (Å²) in [6, 6.07) is 26.3. The van der Waals surface area contributed by atoms with Crippen LogP contribution in [0.15, 0.2) is 83.9 Å². The Morgan fingerprint density at radius 3 is 2.16 bits per heavy atom. The fourth-order valence-corrected chi connectivity index (χ4v) is 2.38. The molecule has 0 N–H and O–H groups in total. The van der Waals surface area contributed by atoms with Gasteiger partial charge in [0, 0.05) is 26.0 Å². The lowest BCUT2D eigenvalue weighted by atomic mass is 10.2. The molecule has 126 valence electrons. The number of hydrogen-bond acceptors (Lipinski definition) is 3. The van der Waals surface area contributed by atoms with Gasteiger partial charge in [-0.05, 0) is 47.5 Å². The molecule has 0 saturated heterocycles. The summed E-state index contributed by atoms with van der Waals surface area (Å²) in [6.07, 6.45) is 1.87. The minimum atomic E-state index is 0.571. The molecule has 3 nitrogen and oxygen atoms in total.